The minimum absolute atomic E-state index is 0.0929. The number of esters is 1. The lowest BCUT2D eigenvalue weighted by Gasteiger charge is -2.14. The van der Waals surface area contributed by atoms with Crippen LogP contribution in [0.1, 0.15) is 162 Å². The number of hydrogen-bond acceptors (Lipinski definition) is 3. The lowest BCUT2D eigenvalue weighted by Crippen LogP contribution is -2.16. The number of carboxylic acids is 1. The average molecular weight is 585 g/mol. The van der Waals surface area contributed by atoms with Crippen molar-refractivity contribution in [3.05, 3.63) is 60.8 Å². The molecule has 4 nitrogen and oxygen atoms in total. The molecule has 0 aliphatic rings. The lowest BCUT2D eigenvalue weighted by molar-refractivity contribution is -0.147. The Labute approximate surface area is 259 Å². The Morgan fingerprint density at radius 2 is 1.07 bits per heavy atom. The second-order valence-electron chi connectivity index (χ2n) is 11.3. The Kier molecular flexibility index (Phi) is 31.3. The predicted molar refractivity (Wildman–Crippen MR) is 181 cm³/mol. The number of allylic oxidation sites excluding steroid dienone is 9. The molecule has 0 bridgehead atoms. The van der Waals surface area contributed by atoms with Gasteiger partial charge in [0.15, 0.2) is 0 Å². The normalized spacial score (nSPS) is 13.0. The molecule has 0 saturated heterocycles. The molecule has 0 aromatic carbocycles. The highest BCUT2D eigenvalue weighted by atomic mass is 16.5. The van der Waals surface area contributed by atoms with E-state index in [4.69, 9.17) is 9.84 Å². The summed E-state index contributed by atoms with van der Waals surface area (Å²) in [7, 11) is 0. The topological polar surface area (TPSA) is 63.6 Å². The molecule has 0 saturated carbocycles. The molecule has 0 amide bonds. The van der Waals surface area contributed by atoms with E-state index in [0.29, 0.717) is 12.8 Å². The largest absolute Gasteiger partial charge is 0.481 e. The summed E-state index contributed by atoms with van der Waals surface area (Å²) in [4.78, 5) is 23.2. The van der Waals surface area contributed by atoms with Gasteiger partial charge < -0.3 is 9.84 Å². The van der Waals surface area contributed by atoms with Crippen LogP contribution < -0.4 is 0 Å². The van der Waals surface area contributed by atoms with Crippen LogP contribution in [0.3, 0.4) is 0 Å². The van der Waals surface area contributed by atoms with E-state index in [9.17, 15) is 9.59 Å². The number of unbranched alkanes of at least 4 members (excludes halogenated alkanes) is 13. The Balaban J connectivity index is 4.05. The molecular weight excluding hydrogens is 520 g/mol. The number of hydrogen-bond donors (Lipinski definition) is 1. The lowest BCUT2D eigenvalue weighted by atomic mass is 10.1. The van der Waals surface area contributed by atoms with Gasteiger partial charge in [-0.1, -0.05) is 126 Å². The summed E-state index contributed by atoms with van der Waals surface area (Å²) in [6.07, 6.45) is 45.3. The number of rotatable bonds is 30. The molecule has 240 valence electrons. The van der Waals surface area contributed by atoms with Gasteiger partial charge in [-0.3, -0.25) is 9.59 Å². The highest BCUT2D eigenvalue weighted by Gasteiger charge is 2.11. The molecule has 4 heteroatoms. The van der Waals surface area contributed by atoms with Gasteiger partial charge in [0, 0.05) is 12.8 Å². The molecule has 0 aliphatic heterocycles. The van der Waals surface area contributed by atoms with Crippen molar-refractivity contribution in [2.45, 2.75) is 168 Å². The van der Waals surface area contributed by atoms with Gasteiger partial charge in [0.05, 0.1) is 0 Å². The summed E-state index contributed by atoms with van der Waals surface area (Å²) in [6.45, 7) is 4.38. The van der Waals surface area contributed by atoms with Crippen molar-refractivity contribution >= 4 is 11.9 Å². The van der Waals surface area contributed by atoms with Crippen LogP contribution in [0.15, 0.2) is 60.8 Å². The van der Waals surface area contributed by atoms with Crippen LogP contribution in [0.5, 0.6) is 0 Å². The van der Waals surface area contributed by atoms with Gasteiger partial charge in [0.1, 0.15) is 6.10 Å². The fraction of sp³-hybridized carbons (Fsp3) is 0.684. The molecule has 1 unspecified atom stereocenters. The molecule has 0 aliphatic carbocycles. The van der Waals surface area contributed by atoms with Crippen LogP contribution in [0.4, 0.5) is 0 Å². The van der Waals surface area contributed by atoms with Crippen LogP contribution in [0.25, 0.3) is 0 Å². The van der Waals surface area contributed by atoms with Crippen molar-refractivity contribution in [1.29, 1.82) is 0 Å². The van der Waals surface area contributed by atoms with E-state index < -0.39 is 5.97 Å². The second-order valence-corrected chi connectivity index (χ2v) is 11.3. The molecule has 0 aromatic heterocycles. The average Bonchev–Trinajstić information content (AvgIpc) is 2.97. The summed E-state index contributed by atoms with van der Waals surface area (Å²) in [5.74, 6) is -0.824. The molecule has 0 fully saturated rings. The van der Waals surface area contributed by atoms with Crippen molar-refractivity contribution in [3.63, 3.8) is 0 Å². The van der Waals surface area contributed by atoms with E-state index in [2.05, 4.69) is 68.5 Å². The summed E-state index contributed by atoms with van der Waals surface area (Å²) in [5, 5.41) is 8.80. The third-order valence-electron chi connectivity index (χ3n) is 7.21. The van der Waals surface area contributed by atoms with E-state index in [1.54, 1.807) is 0 Å². The fourth-order valence-corrected chi connectivity index (χ4v) is 4.67. The van der Waals surface area contributed by atoms with Gasteiger partial charge >= 0.3 is 11.9 Å². The number of carboxylic acid groups (broad SMARTS) is 1. The van der Waals surface area contributed by atoms with Crippen LogP contribution in [0.2, 0.25) is 0 Å². The van der Waals surface area contributed by atoms with Gasteiger partial charge in [0.25, 0.3) is 0 Å². The molecule has 0 radical (unpaired) electrons. The first-order valence-corrected chi connectivity index (χ1v) is 17.3. The predicted octanol–water partition coefficient (Wildman–Crippen LogP) is 11.8. The monoisotopic (exact) mass is 584 g/mol. The molecule has 1 atom stereocenters. The smallest absolute Gasteiger partial charge is 0.306 e. The van der Waals surface area contributed by atoms with Crippen molar-refractivity contribution in [2.24, 2.45) is 0 Å². The number of aliphatic carboxylic acids is 1. The molecule has 1 N–H and O–H groups in total. The fourth-order valence-electron chi connectivity index (χ4n) is 4.67. The summed E-state index contributed by atoms with van der Waals surface area (Å²) in [5.41, 5.74) is 0. The zero-order valence-electron chi connectivity index (χ0n) is 27.3. The molecule has 0 heterocycles. The Morgan fingerprint density at radius 3 is 1.69 bits per heavy atom. The van der Waals surface area contributed by atoms with Crippen molar-refractivity contribution in [2.75, 3.05) is 0 Å². The summed E-state index contributed by atoms with van der Waals surface area (Å²) < 4.78 is 5.83. The number of ether oxygens (including phenoxy) is 1. The van der Waals surface area contributed by atoms with E-state index in [-0.39, 0.29) is 18.5 Å². The van der Waals surface area contributed by atoms with Crippen LogP contribution in [0, 0.1) is 0 Å². The Bertz CT molecular complexity index is 759. The maximum Gasteiger partial charge on any atom is 0.306 e. The molecule has 0 rings (SSSR count). The summed E-state index contributed by atoms with van der Waals surface area (Å²) >= 11 is 0. The Hall–Kier alpha value is -2.36. The van der Waals surface area contributed by atoms with Gasteiger partial charge in [-0.05, 0) is 83.1 Å². The van der Waals surface area contributed by atoms with Gasteiger partial charge in [-0.2, -0.15) is 0 Å². The van der Waals surface area contributed by atoms with E-state index >= 15 is 0 Å². The van der Waals surface area contributed by atoms with Gasteiger partial charge in [-0.15, -0.1) is 0 Å². The van der Waals surface area contributed by atoms with Gasteiger partial charge in [-0.25, -0.2) is 0 Å². The zero-order chi connectivity index (χ0) is 30.8. The number of carbonyl (C=O) groups excluding carboxylic acids is 1. The number of carbonyl (C=O) groups is 2. The molecular formula is C38H64O4. The quantitative estimate of drug-likeness (QED) is 0.0518. The zero-order valence-corrected chi connectivity index (χ0v) is 27.3. The van der Waals surface area contributed by atoms with Crippen molar-refractivity contribution < 1.29 is 19.4 Å². The van der Waals surface area contributed by atoms with E-state index in [1.165, 1.54) is 57.8 Å². The molecule has 0 aromatic rings. The van der Waals surface area contributed by atoms with E-state index in [1.807, 2.05) is 6.08 Å². The first-order valence-electron chi connectivity index (χ1n) is 17.3. The highest BCUT2D eigenvalue weighted by Crippen LogP contribution is 2.15. The van der Waals surface area contributed by atoms with Crippen molar-refractivity contribution in [3.8, 4) is 0 Å². The third kappa shape index (κ3) is 32.2. The minimum atomic E-state index is -0.731. The van der Waals surface area contributed by atoms with Crippen LogP contribution in [-0.2, 0) is 14.3 Å². The van der Waals surface area contributed by atoms with Gasteiger partial charge in [0.2, 0.25) is 0 Å². The molecule has 42 heavy (non-hydrogen) atoms. The highest BCUT2D eigenvalue weighted by molar-refractivity contribution is 5.69. The standard InChI is InChI=1S/C38H64O4/c1-3-5-7-9-11-13-14-15-16-17-18-19-20-21-23-25-31-35-38(41)42-36(33-29-26-27-30-34-37(39)40)32-28-24-22-12-10-8-6-4-2/h5,7,11-13,15-16,22,28,32,36H,3-4,6,8-10,14,17-21,23-27,29-31,33-35H2,1-2H3,(H,39,40)/b7-5-,13-11-,16-15-,22-12-,32-28-. The first-order chi connectivity index (χ1) is 20.6. The minimum Gasteiger partial charge on any atom is -0.481 e. The van der Waals surface area contributed by atoms with Crippen LogP contribution in [-0.4, -0.2) is 23.1 Å². The van der Waals surface area contributed by atoms with Crippen LogP contribution >= 0.6 is 0 Å². The molecule has 0 spiro atoms. The Morgan fingerprint density at radius 1 is 0.571 bits per heavy atom. The first kappa shape index (κ1) is 39.6. The third-order valence-corrected chi connectivity index (χ3v) is 7.21. The maximum atomic E-state index is 12.5. The summed E-state index contributed by atoms with van der Waals surface area (Å²) in [6, 6.07) is 0. The van der Waals surface area contributed by atoms with Crippen molar-refractivity contribution in [1.82, 2.24) is 0 Å². The second kappa shape index (κ2) is 33.1. The van der Waals surface area contributed by atoms with E-state index in [0.717, 1.165) is 70.6 Å². The SMILES string of the molecule is CC/C=C\C/C=C\C/C=C\CCCCCCCCCC(=O)OC(/C=C\C/C=C\CCCCC)CCCCCCC(=O)O. The maximum absolute atomic E-state index is 12.5.